The van der Waals surface area contributed by atoms with Crippen molar-refractivity contribution in [1.29, 1.82) is 0 Å². The topological polar surface area (TPSA) is 47.7 Å². The molecule has 1 aliphatic heterocycles. The number of methoxy groups -OCH3 is 1. The van der Waals surface area contributed by atoms with Crippen LogP contribution in [0.2, 0.25) is 0 Å². The number of nitrogens with zero attached hydrogens (tertiary/aromatic N) is 1. The maximum absolute atomic E-state index is 5.87. The Labute approximate surface area is 125 Å². The number of nitrogen functional groups attached to an aromatic ring is 1. The normalized spacial score (nSPS) is 13.1. The predicted octanol–water partition coefficient (Wildman–Crippen LogP) is 2.72. The molecule has 2 N–H and O–H groups in total. The third kappa shape index (κ3) is 3.05. The lowest BCUT2D eigenvalue weighted by atomic mass is 10.1. The summed E-state index contributed by atoms with van der Waals surface area (Å²) < 4.78 is 11.0. The second-order valence-electron chi connectivity index (χ2n) is 5.15. The van der Waals surface area contributed by atoms with Gasteiger partial charge in [0.1, 0.15) is 18.1 Å². The van der Waals surface area contributed by atoms with E-state index in [9.17, 15) is 0 Å². The Morgan fingerprint density at radius 3 is 2.86 bits per heavy atom. The van der Waals surface area contributed by atoms with Gasteiger partial charge in [0.2, 0.25) is 0 Å². The van der Waals surface area contributed by atoms with Crippen molar-refractivity contribution in [3.63, 3.8) is 0 Å². The molecule has 2 aromatic carbocycles. The third-order valence-corrected chi connectivity index (χ3v) is 3.77. The van der Waals surface area contributed by atoms with Gasteiger partial charge in [0, 0.05) is 24.0 Å². The Balaban J connectivity index is 1.58. The molecule has 0 fully saturated rings. The van der Waals surface area contributed by atoms with E-state index in [0.717, 1.165) is 36.7 Å². The molecule has 0 aromatic heterocycles. The molecule has 110 valence electrons. The smallest absolute Gasteiger partial charge is 0.123 e. The van der Waals surface area contributed by atoms with Gasteiger partial charge in [-0.2, -0.15) is 0 Å². The van der Waals surface area contributed by atoms with Crippen LogP contribution in [-0.4, -0.2) is 26.8 Å². The summed E-state index contributed by atoms with van der Waals surface area (Å²) in [7, 11) is 1.66. The SMILES string of the molecule is COc1cccc(OCCN2CCc3ccc(N)cc32)c1. The van der Waals surface area contributed by atoms with E-state index in [1.807, 2.05) is 36.4 Å². The first-order valence-electron chi connectivity index (χ1n) is 7.16. The number of hydrogen-bond donors (Lipinski definition) is 1. The number of rotatable bonds is 5. The highest BCUT2D eigenvalue weighted by molar-refractivity contribution is 5.64. The fraction of sp³-hybridized carbons (Fsp3) is 0.294. The average Bonchev–Trinajstić information content (AvgIpc) is 2.90. The largest absolute Gasteiger partial charge is 0.497 e. The fourth-order valence-electron chi connectivity index (χ4n) is 2.66. The van der Waals surface area contributed by atoms with Gasteiger partial charge < -0.3 is 20.1 Å². The number of ether oxygens (including phenoxy) is 2. The fourth-order valence-corrected chi connectivity index (χ4v) is 2.66. The van der Waals surface area contributed by atoms with Crippen LogP contribution in [0, 0.1) is 0 Å². The lowest BCUT2D eigenvalue weighted by Gasteiger charge is -2.20. The lowest BCUT2D eigenvalue weighted by molar-refractivity contribution is 0.321. The molecule has 0 amide bonds. The van der Waals surface area contributed by atoms with Crippen molar-refractivity contribution < 1.29 is 9.47 Å². The Kier molecular flexibility index (Phi) is 3.86. The first-order chi connectivity index (χ1) is 10.3. The van der Waals surface area contributed by atoms with E-state index in [1.165, 1.54) is 11.3 Å². The van der Waals surface area contributed by atoms with Gasteiger partial charge in [-0.05, 0) is 36.2 Å². The molecule has 0 bridgehead atoms. The molecule has 0 spiro atoms. The minimum absolute atomic E-state index is 0.640. The van der Waals surface area contributed by atoms with Gasteiger partial charge >= 0.3 is 0 Å². The molecule has 4 heteroatoms. The third-order valence-electron chi connectivity index (χ3n) is 3.77. The van der Waals surface area contributed by atoms with Crippen molar-refractivity contribution in [2.24, 2.45) is 0 Å². The standard InChI is InChI=1S/C17H20N2O2/c1-20-15-3-2-4-16(12-15)21-10-9-19-8-7-13-5-6-14(18)11-17(13)19/h2-6,11-12H,7-10,18H2,1H3. The van der Waals surface area contributed by atoms with E-state index in [4.69, 9.17) is 15.2 Å². The summed E-state index contributed by atoms with van der Waals surface area (Å²) in [6.07, 6.45) is 1.08. The van der Waals surface area contributed by atoms with E-state index in [-0.39, 0.29) is 0 Å². The molecule has 0 saturated heterocycles. The van der Waals surface area contributed by atoms with E-state index in [1.54, 1.807) is 7.11 Å². The Morgan fingerprint density at radius 1 is 1.14 bits per heavy atom. The van der Waals surface area contributed by atoms with Gasteiger partial charge in [0.15, 0.2) is 0 Å². The first kappa shape index (κ1) is 13.6. The Bertz CT molecular complexity index is 628. The van der Waals surface area contributed by atoms with Crippen LogP contribution in [0.25, 0.3) is 0 Å². The zero-order chi connectivity index (χ0) is 14.7. The minimum Gasteiger partial charge on any atom is -0.497 e. The second-order valence-corrected chi connectivity index (χ2v) is 5.15. The van der Waals surface area contributed by atoms with Crippen LogP contribution < -0.4 is 20.1 Å². The van der Waals surface area contributed by atoms with E-state index in [2.05, 4.69) is 11.0 Å². The van der Waals surface area contributed by atoms with Gasteiger partial charge in [-0.15, -0.1) is 0 Å². The molecule has 0 aliphatic carbocycles. The van der Waals surface area contributed by atoms with Gasteiger partial charge in [0.25, 0.3) is 0 Å². The van der Waals surface area contributed by atoms with E-state index in [0.29, 0.717) is 6.61 Å². The van der Waals surface area contributed by atoms with E-state index >= 15 is 0 Å². The molecular weight excluding hydrogens is 264 g/mol. The van der Waals surface area contributed by atoms with Crippen molar-refractivity contribution in [1.82, 2.24) is 0 Å². The maximum atomic E-state index is 5.87. The molecule has 1 heterocycles. The van der Waals surface area contributed by atoms with Crippen LogP contribution in [-0.2, 0) is 6.42 Å². The second kappa shape index (κ2) is 5.95. The van der Waals surface area contributed by atoms with Crippen molar-refractivity contribution in [2.75, 3.05) is 37.4 Å². The molecule has 0 unspecified atom stereocenters. The minimum atomic E-state index is 0.640. The zero-order valence-electron chi connectivity index (χ0n) is 12.2. The number of nitrogens with two attached hydrogens (primary N) is 1. The highest BCUT2D eigenvalue weighted by atomic mass is 16.5. The molecule has 0 radical (unpaired) electrons. The Morgan fingerprint density at radius 2 is 2.00 bits per heavy atom. The summed E-state index contributed by atoms with van der Waals surface area (Å²) in [4.78, 5) is 2.33. The van der Waals surface area contributed by atoms with Crippen LogP contribution >= 0.6 is 0 Å². The van der Waals surface area contributed by atoms with Crippen LogP contribution in [0.4, 0.5) is 11.4 Å². The number of benzene rings is 2. The summed E-state index contributed by atoms with van der Waals surface area (Å²) in [5.74, 6) is 1.65. The highest BCUT2D eigenvalue weighted by Crippen LogP contribution is 2.29. The summed E-state index contributed by atoms with van der Waals surface area (Å²) in [5, 5.41) is 0. The van der Waals surface area contributed by atoms with Crippen molar-refractivity contribution >= 4 is 11.4 Å². The highest BCUT2D eigenvalue weighted by Gasteiger charge is 2.18. The molecule has 21 heavy (non-hydrogen) atoms. The molecule has 0 atom stereocenters. The van der Waals surface area contributed by atoms with E-state index < -0.39 is 0 Å². The summed E-state index contributed by atoms with van der Waals surface area (Å²) >= 11 is 0. The van der Waals surface area contributed by atoms with Crippen LogP contribution in [0.3, 0.4) is 0 Å². The zero-order valence-corrected chi connectivity index (χ0v) is 12.2. The van der Waals surface area contributed by atoms with Crippen LogP contribution in [0.5, 0.6) is 11.5 Å². The first-order valence-corrected chi connectivity index (χ1v) is 7.16. The van der Waals surface area contributed by atoms with Crippen molar-refractivity contribution in [2.45, 2.75) is 6.42 Å². The molecular formula is C17H20N2O2. The number of anilines is 2. The van der Waals surface area contributed by atoms with Gasteiger partial charge in [0.05, 0.1) is 13.7 Å². The predicted molar refractivity (Wildman–Crippen MR) is 85.3 cm³/mol. The average molecular weight is 284 g/mol. The van der Waals surface area contributed by atoms with Crippen molar-refractivity contribution in [3.05, 3.63) is 48.0 Å². The van der Waals surface area contributed by atoms with Crippen LogP contribution in [0.1, 0.15) is 5.56 Å². The van der Waals surface area contributed by atoms with Crippen LogP contribution in [0.15, 0.2) is 42.5 Å². The van der Waals surface area contributed by atoms with Gasteiger partial charge in [-0.25, -0.2) is 0 Å². The van der Waals surface area contributed by atoms with Gasteiger partial charge in [-0.3, -0.25) is 0 Å². The molecule has 4 nitrogen and oxygen atoms in total. The lowest BCUT2D eigenvalue weighted by Crippen LogP contribution is -2.26. The maximum Gasteiger partial charge on any atom is 0.123 e. The van der Waals surface area contributed by atoms with Gasteiger partial charge in [-0.1, -0.05) is 12.1 Å². The number of fused-ring (bicyclic) bond motifs is 1. The summed E-state index contributed by atoms with van der Waals surface area (Å²) in [6.45, 7) is 2.52. The quantitative estimate of drug-likeness (QED) is 0.858. The molecule has 3 rings (SSSR count). The number of hydrogen-bond acceptors (Lipinski definition) is 4. The van der Waals surface area contributed by atoms with Crippen molar-refractivity contribution in [3.8, 4) is 11.5 Å². The molecule has 1 aliphatic rings. The molecule has 0 saturated carbocycles. The molecule has 2 aromatic rings. The summed E-state index contributed by atoms with van der Waals surface area (Å²) in [5.41, 5.74) is 9.29. The monoisotopic (exact) mass is 284 g/mol. The Hall–Kier alpha value is -2.36. The summed E-state index contributed by atoms with van der Waals surface area (Å²) in [6, 6.07) is 13.8.